The Bertz CT molecular complexity index is 637. The molecule has 0 unspecified atom stereocenters. The first-order valence-electron chi connectivity index (χ1n) is 7.72. The Morgan fingerprint density at radius 1 is 1.33 bits per heavy atom. The van der Waals surface area contributed by atoms with Gasteiger partial charge < -0.3 is 9.30 Å². The van der Waals surface area contributed by atoms with Crippen molar-refractivity contribution in [2.75, 3.05) is 20.2 Å². The van der Waals surface area contributed by atoms with Gasteiger partial charge in [-0.1, -0.05) is 0 Å². The molecule has 0 radical (unpaired) electrons. The quantitative estimate of drug-likeness (QED) is 0.607. The number of ether oxygens (including phenoxy) is 1. The molecule has 0 N–H and O–H groups in total. The number of rotatable bonds is 5. The number of aromatic nitrogens is 1. The van der Waals surface area contributed by atoms with E-state index in [2.05, 4.69) is 0 Å². The fourth-order valence-corrected chi connectivity index (χ4v) is 3.19. The third-order valence-corrected chi connectivity index (χ3v) is 4.40. The molecule has 0 amide bonds. The maximum absolute atomic E-state index is 12.7. The third-order valence-electron chi connectivity index (χ3n) is 4.40. The van der Waals surface area contributed by atoms with Crippen LogP contribution in [0.25, 0.3) is 0 Å². The Morgan fingerprint density at radius 3 is 2.58 bits per heavy atom. The summed E-state index contributed by atoms with van der Waals surface area (Å²) in [5, 5.41) is 0. The largest absolute Gasteiger partial charge is 0.468 e. The topological polar surface area (TPSA) is 51.5 Å². The predicted octanol–water partition coefficient (Wildman–Crippen LogP) is 2.49. The average molecular weight is 346 g/mol. The number of hydrogen-bond acceptors (Lipinski definition) is 4. The Kier molecular flexibility index (Phi) is 5.37. The van der Waals surface area contributed by atoms with Gasteiger partial charge in [-0.15, -0.1) is 0 Å². The summed E-state index contributed by atoms with van der Waals surface area (Å²) in [6, 6.07) is 1.02. The average Bonchev–Trinajstić information content (AvgIpc) is 3.05. The van der Waals surface area contributed by atoms with E-state index >= 15 is 0 Å². The maximum Gasteiger partial charge on any atom is 0.406 e. The Morgan fingerprint density at radius 2 is 2.00 bits per heavy atom. The molecule has 2 rings (SSSR count). The van der Waals surface area contributed by atoms with Crippen molar-refractivity contribution in [3.63, 3.8) is 0 Å². The van der Waals surface area contributed by atoms with E-state index in [0.717, 1.165) is 11.0 Å². The number of methoxy groups -OCH3 is 1. The van der Waals surface area contributed by atoms with Crippen molar-refractivity contribution in [3.05, 3.63) is 23.0 Å². The number of Topliss-reactive ketones (excluding diaryl/α,β-unsaturated/α-hetero) is 1. The minimum atomic E-state index is -4.35. The number of halogens is 3. The van der Waals surface area contributed by atoms with Crippen molar-refractivity contribution in [1.82, 2.24) is 9.47 Å². The highest BCUT2D eigenvalue weighted by Gasteiger charge is 2.34. The monoisotopic (exact) mass is 346 g/mol. The second kappa shape index (κ2) is 6.96. The normalized spacial score (nSPS) is 18.8. The molecule has 0 aliphatic carbocycles. The van der Waals surface area contributed by atoms with Crippen LogP contribution in [0.5, 0.6) is 0 Å². The van der Waals surface area contributed by atoms with Gasteiger partial charge in [0.2, 0.25) is 0 Å². The van der Waals surface area contributed by atoms with Crippen molar-refractivity contribution >= 4 is 11.8 Å². The van der Waals surface area contributed by atoms with Gasteiger partial charge in [0, 0.05) is 17.0 Å². The van der Waals surface area contributed by atoms with Gasteiger partial charge in [-0.05, 0) is 39.3 Å². The highest BCUT2D eigenvalue weighted by atomic mass is 19.4. The predicted molar refractivity (Wildman–Crippen MR) is 80.9 cm³/mol. The van der Waals surface area contributed by atoms with Crippen molar-refractivity contribution in [1.29, 1.82) is 0 Å². The first-order chi connectivity index (χ1) is 11.1. The van der Waals surface area contributed by atoms with Crippen molar-refractivity contribution in [2.24, 2.45) is 0 Å². The van der Waals surface area contributed by atoms with E-state index in [0.29, 0.717) is 24.4 Å². The molecule has 1 saturated heterocycles. The minimum Gasteiger partial charge on any atom is -0.468 e. The number of nitrogens with zero attached hydrogens (tertiary/aromatic N) is 2. The Hall–Kier alpha value is -1.83. The molecule has 24 heavy (non-hydrogen) atoms. The van der Waals surface area contributed by atoms with Crippen LogP contribution >= 0.6 is 0 Å². The molecule has 1 aliphatic heterocycles. The van der Waals surface area contributed by atoms with Crippen LogP contribution in [-0.4, -0.2) is 53.6 Å². The zero-order chi connectivity index (χ0) is 18.1. The lowest BCUT2D eigenvalue weighted by Crippen LogP contribution is -2.40. The van der Waals surface area contributed by atoms with E-state index in [9.17, 15) is 22.8 Å². The summed E-state index contributed by atoms with van der Waals surface area (Å²) in [4.78, 5) is 26.0. The summed E-state index contributed by atoms with van der Waals surface area (Å²) in [6.07, 6.45) is -2.95. The molecule has 2 heterocycles. The number of esters is 1. The summed E-state index contributed by atoms with van der Waals surface area (Å²) in [5.41, 5.74) is 0.954. The third kappa shape index (κ3) is 3.98. The second-order valence-electron chi connectivity index (χ2n) is 6.06. The molecular formula is C16H21F3N2O3. The lowest BCUT2D eigenvalue weighted by Gasteiger charge is -2.21. The molecule has 1 aromatic heterocycles. The lowest BCUT2D eigenvalue weighted by molar-refractivity contribution is -0.145. The lowest BCUT2D eigenvalue weighted by atomic mass is 10.1. The molecule has 0 aromatic carbocycles. The zero-order valence-electron chi connectivity index (χ0n) is 13.9. The second-order valence-corrected chi connectivity index (χ2v) is 6.06. The number of ketones is 1. The van der Waals surface area contributed by atoms with Crippen molar-refractivity contribution < 1.29 is 27.5 Å². The number of aryl methyl sites for hydroxylation is 1. The smallest absolute Gasteiger partial charge is 0.406 e. The van der Waals surface area contributed by atoms with Gasteiger partial charge in [0.1, 0.15) is 12.6 Å². The van der Waals surface area contributed by atoms with E-state index < -0.39 is 18.8 Å². The van der Waals surface area contributed by atoms with Gasteiger partial charge in [-0.3, -0.25) is 14.5 Å². The SMILES string of the molecule is COC(=O)[C@H]1CCCN1CC(=O)c1cc(C)n(CC(F)(F)F)c1C. The fourth-order valence-electron chi connectivity index (χ4n) is 3.19. The number of alkyl halides is 3. The summed E-state index contributed by atoms with van der Waals surface area (Å²) in [7, 11) is 1.30. The van der Waals surface area contributed by atoms with E-state index in [1.54, 1.807) is 11.8 Å². The van der Waals surface area contributed by atoms with E-state index in [4.69, 9.17) is 4.74 Å². The van der Waals surface area contributed by atoms with Crippen LogP contribution in [0.4, 0.5) is 13.2 Å². The van der Waals surface area contributed by atoms with Crippen LogP contribution in [-0.2, 0) is 16.1 Å². The number of likely N-dealkylation sites (tertiary alicyclic amines) is 1. The van der Waals surface area contributed by atoms with E-state index in [-0.39, 0.29) is 23.9 Å². The summed E-state index contributed by atoms with van der Waals surface area (Å²) < 4.78 is 43.8. The minimum absolute atomic E-state index is 0.00389. The molecular weight excluding hydrogens is 325 g/mol. The molecule has 8 heteroatoms. The Balaban J connectivity index is 2.16. The van der Waals surface area contributed by atoms with Crippen molar-refractivity contribution in [3.8, 4) is 0 Å². The Labute approximate surface area is 138 Å². The zero-order valence-corrected chi connectivity index (χ0v) is 13.9. The molecule has 134 valence electrons. The van der Waals surface area contributed by atoms with Gasteiger partial charge in [-0.2, -0.15) is 13.2 Å². The van der Waals surface area contributed by atoms with Crippen LogP contribution < -0.4 is 0 Å². The number of hydrogen-bond donors (Lipinski definition) is 0. The van der Waals surface area contributed by atoms with Gasteiger partial charge >= 0.3 is 12.1 Å². The molecule has 1 atom stereocenters. The summed E-state index contributed by atoms with van der Waals surface area (Å²) >= 11 is 0. The van der Waals surface area contributed by atoms with Gasteiger partial charge in [0.25, 0.3) is 0 Å². The van der Waals surface area contributed by atoms with Gasteiger partial charge in [0.05, 0.1) is 13.7 Å². The summed E-state index contributed by atoms with van der Waals surface area (Å²) in [5.74, 6) is -0.671. The van der Waals surface area contributed by atoms with Crippen LogP contribution in [0.15, 0.2) is 6.07 Å². The van der Waals surface area contributed by atoms with Crippen molar-refractivity contribution in [2.45, 2.75) is 45.5 Å². The molecule has 1 fully saturated rings. The molecule has 1 aromatic rings. The molecule has 1 aliphatic rings. The number of carbonyl (C=O) groups excluding carboxylic acids is 2. The molecule has 0 saturated carbocycles. The molecule has 0 spiro atoms. The summed E-state index contributed by atoms with van der Waals surface area (Å²) in [6.45, 7) is 2.52. The fraction of sp³-hybridized carbons (Fsp3) is 0.625. The first-order valence-corrected chi connectivity index (χ1v) is 7.72. The van der Waals surface area contributed by atoms with Crippen LogP contribution in [0.2, 0.25) is 0 Å². The van der Waals surface area contributed by atoms with Crippen LogP contribution in [0.1, 0.15) is 34.6 Å². The van der Waals surface area contributed by atoms with Crippen LogP contribution in [0.3, 0.4) is 0 Å². The number of carbonyl (C=O) groups is 2. The van der Waals surface area contributed by atoms with Crippen LogP contribution in [0, 0.1) is 13.8 Å². The van der Waals surface area contributed by atoms with E-state index in [1.807, 2.05) is 0 Å². The standard InChI is InChI=1S/C16H21F3N2O3/c1-10-7-12(11(2)21(10)9-16(17,18)19)14(22)8-20-6-4-5-13(20)15(23)24-3/h7,13H,4-6,8-9H2,1-3H3/t13-/m1/s1. The highest BCUT2D eigenvalue weighted by molar-refractivity contribution is 5.99. The first kappa shape index (κ1) is 18.5. The molecule has 5 nitrogen and oxygen atoms in total. The maximum atomic E-state index is 12.7. The molecule has 0 bridgehead atoms. The highest BCUT2D eigenvalue weighted by Crippen LogP contribution is 2.24. The van der Waals surface area contributed by atoms with Gasteiger partial charge in [0.15, 0.2) is 5.78 Å². The van der Waals surface area contributed by atoms with Gasteiger partial charge in [-0.25, -0.2) is 0 Å². The van der Waals surface area contributed by atoms with E-state index in [1.165, 1.54) is 20.1 Å².